The minimum Gasteiger partial charge on any atom is -0.341 e. The van der Waals surface area contributed by atoms with Crippen LogP contribution < -0.4 is 0 Å². The molecule has 0 aromatic carbocycles. The highest BCUT2D eigenvalue weighted by Crippen LogP contribution is 2.22. The average molecular weight is 227 g/mol. The van der Waals surface area contributed by atoms with Gasteiger partial charge in [0.1, 0.15) is 0 Å². The zero-order chi connectivity index (χ0) is 10.6. The molecule has 1 aliphatic heterocycles. The summed E-state index contributed by atoms with van der Waals surface area (Å²) in [6, 6.07) is 0. The molecule has 82 valence electrons. The van der Waals surface area contributed by atoms with E-state index in [2.05, 4.69) is 0 Å². The van der Waals surface area contributed by atoms with Crippen molar-refractivity contribution in [2.45, 2.75) is 19.0 Å². The maximum atomic E-state index is 11.8. The Balaban J connectivity index is 2.27. The Kier molecular flexibility index (Phi) is 4.10. The summed E-state index contributed by atoms with van der Waals surface area (Å²) >= 11 is 1.72. The van der Waals surface area contributed by atoms with Gasteiger partial charge in [0.05, 0.1) is 6.42 Å². The van der Waals surface area contributed by atoms with Crippen molar-refractivity contribution in [3.63, 3.8) is 0 Å². The first-order chi connectivity index (χ1) is 6.49. The fourth-order valence-corrected chi connectivity index (χ4v) is 2.12. The maximum Gasteiger partial charge on any atom is 0.389 e. The summed E-state index contributed by atoms with van der Waals surface area (Å²) < 4.78 is 35.4. The SMILES string of the molecule is O=C(CCC(F)(F)F)N1CCSCC1. The van der Waals surface area contributed by atoms with Crippen LogP contribution in [0.3, 0.4) is 0 Å². The standard InChI is InChI=1S/C8H12F3NOS/c9-8(10,11)2-1-7(13)12-3-5-14-6-4-12/h1-6H2. The van der Waals surface area contributed by atoms with Gasteiger partial charge in [-0.3, -0.25) is 4.79 Å². The average Bonchev–Trinajstić information content (AvgIpc) is 2.14. The van der Waals surface area contributed by atoms with Crippen LogP contribution in [-0.4, -0.2) is 41.6 Å². The molecule has 14 heavy (non-hydrogen) atoms. The van der Waals surface area contributed by atoms with Crippen molar-refractivity contribution in [3.8, 4) is 0 Å². The molecule has 0 aromatic rings. The van der Waals surface area contributed by atoms with Gasteiger partial charge in [-0.25, -0.2) is 0 Å². The Morgan fingerprint density at radius 2 is 1.86 bits per heavy atom. The number of rotatable bonds is 2. The molecular weight excluding hydrogens is 215 g/mol. The quantitative estimate of drug-likeness (QED) is 0.718. The lowest BCUT2D eigenvalue weighted by Gasteiger charge is -2.26. The van der Waals surface area contributed by atoms with Gasteiger partial charge in [-0.1, -0.05) is 0 Å². The Morgan fingerprint density at radius 3 is 2.36 bits per heavy atom. The highest BCUT2D eigenvalue weighted by atomic mass is 32.2. The van der Waals surface area contributed by atoms with E-state index >= 15 is 0 Å². The fraction of sp³-hybridized carbons (Fsp3) is 0.875. The number of thioether (sulfide) groups is 1. The van der Waals surface area contributed by atoms with E-state index in [1.807, 2.05) is 0 Å². The third-order valence-electron chi connectivity index (χ3n) is 1.99. The molecule has 0 radical (unpaired) electrons. The Morgan fingerprint density at radius 1 is 1.29 bits per heavy atom. The number of halogens is 3. The van der Waals surface area contributed by atoms with Crippen LogP contribution in [0.2, 0.25) is 0 Å². The summed E-state index contributed by atoms with van der Waals surface area (Å²) in [5.74, 6) is 1.29. The number of nitrogens with zero attached hydrogens (tertiary/aromatic N) is 1. The molecule has 1 saturated heterocycles. The minimum absolute atomic E-state index is 0.373. The molecule has 0 saturated carbocycles. The molecule has 0 aliphatic carbocycles. The van der Waals surface area contributed by atoms with Crippen LogP contribution in [-0.2, 0) is 4.79 Å². The number of hydrogen-bond acceptors (Lipinski definition) is 2. The van der Waals surface area contributed by atoms with Crippen molar-refractivity contribution in [1.29, 1.82) is 0 Å². The lowest BCUT2D eigenvalue weighted by molar-refractivity contribution is -0.148. The van der Waals surface area contributed by atoms with Gasteiger partial charge in [0.2, 0.25) is 5.91 Å². The van der Waals surface area contributed by atoms with E-state index in [0.717, 1.165) is 11.5 Å². The molecule has 0 unspecified atom stereocenters. The highest BCUT2D eigenvalue weighted by Gasteiger charge is 2.29. The zero-order valence-electron chi connectivity index (χ0n) is 7.64. The van der Waals surface area contributed by atoms with Crippen molar-refractivity contribution in [2.75, 3.05) is 24.6 Å². The molecule has 1 rings (SSSR count). The first-order valence-electron chi connectivity index (χ1n) is 4.41. The van der Waals surface area contributed by atoms with Gasteiger partial charge < -0.3 is 4.90 Å². The normalized spacial score (nSPS) is 18.4. The number of carbonyl (C=O) groups is 1. The molecule has 0 atom stereocenters. The van der Waals surface area contributed by atoms with E-state index in [1.54, 1.807) is 11.8 Å². The number of carbonyl (C=O) groups excluding carboxylic acids is 1. The van der Waals surface area contributed by atoms with Crippen molar-refractivity contribution >= 4 is 17.7 Å². The molecule has 1 heterocycles. The molecular formula is C8H12F3NOS. The van der Waals surface area contributed by atoms with E-state index in [9.17, 15) is 18.0 Å². The van der Waals surface area contributed by atoms with Gasteiger partial charge in [0.25, 0.3) is 0 Å². The summed E-state index contributed by atoms with van der Waals surface area (Å²) in [4.78, 5) is 12.8. The molecule has 0 spiro atoms. The summed E-state index contributed by atoms with van der Waals surface area (Å²) in [6.07, 6.45) is -5.64. The molecule has 0 bridgehead atoms. The van der Waals surface area contributed by atoms with Crippen molar-refractivity contribution in [2.24, 2.45) is 0 Å². The second-order valence-electron chi connectivity index (χ2n) is 3.11. The van der Waals surface area contributed by atoms with Crippen molar-refractivity contribution < 1.29 is 18.0 Å². The minimum atomic E-state index is -4.22. The summed E-state index contributed by atoms with van der Waals surface area (Å²) in [6.45, 7) is 1.17. The largest absolute Gasteiger partial charge is 0.389 e. The van der Waals surface area contributed by atoms with E-state index < -0.39 is 19.0 Å². The van der Waals surface area contributed by atoms with Crippen molar-refractivity contribution in [1.82, 2.24) is 4.90 Å². The molecule has 2 nitrogen and oxygen atoms in total. The number of amides is 1. The topological polar surface area (TPSA) is 20.3 Å². The van der Waals surface area contributed by atoms with E-state index in [1.165, 1.54) is 4.90 Å². The van der Waals surface area contributed by atoms with Gasteiger partial charge in [0, 0.05) is 31.0 Å². The van der Waals surface area contributed by atoms with E-state index in [0.29, 0.717) is 13.1 Å². The van der Waals surface area contributed by atoms with Crippen LogP contribution in [0, 0.1) is 0 Å². The second kappa shape index (κ2) is 4.91. The number of alkyl halides is 3. The predicted octanol–water partition coefficient (Wildman–Crippen LogP) is 1.90. The van der Waals surface area contributed by atoms with Gasteiger partial charge in [-0.05, 0) is 0 Å². The smallest absolute Gasteiger partial charge is 0.341 e. The number of hydrogen-bond donors (Lipinski definition) is 0. The van der Waals surface area contributed by atoms with E-state index in [4.69, 9.17) is 0 Å². The lowest BCUT2D eigenvalue weighted by atomic mass is 10.2. The van der Waals surface area contributed by atoms with Gasteiger partial charge >= 0.3 is 6.18 Å². The monoisotopic (exact) mass is 227 g/mol. The van der Waals surface area contributed by atoms with Crippen LogP contribution in [0.25, 0.3) is 0 Å². The molecule has 0 N–H and O–H groups in total. The molecule has 0 aromatic heterocycles. The van der Waals surface area contributed by atoms with Crippen LogP contribution in [0.15, 0.2) is 0 Å². The molecule has 1 fully saturated rings. The van der Waals surface area contributed by atoms with Crippen molar-refractivity contribution in [3.05, 3.63) is 0 Å². The first-order valence-corrected chi connectivity index (χ1v) is 5.57. The molecule has 1 amide bonds. The summed E-state index contributed by atoms with van der Waals surface area (Å²) in [5, 5.41) is 0. The Hall–Kier alpha value is -0.390. The fourth-order valence-electron chi connectivity index (χ4n) is 1.22. The lowest BCUT2D eigenvalue weighted by Crippen LogP contribution is -2.38. The highest BCUT2D eigenvalue weighted by molar-refractivity contribution is 7.99. The van der Waals surface area contributed by atoms with E-state index in [-0.39, 0.29) is 5.91 Å². The zero-order valence-corrected chi connectivity index (χ0v) is 8.46. The van der Waals surface area contributed by atoms with Crippen LogP contribution >= 0.6 is 11.8 Å². The van der Waals surface area contributed by atoms with Crippen LogP contribution in [0.1, 0.15) is 12.8 Å². The van der Waals surface area contributed by atoms with Gasteiger partial charge in [-0.15, -0.1) is 0 Å². The third kappa shape index (κ3) is 4.21. The van der Waals surface area contributed by atoms with Gasteiger partial charge in [-0.2, -0.15) is 24.9 Å². The Labute approximate surface area is 84.8 Å². The predicted molar refractivity (Wildman–Crippen MR) is 49.2 cm³/mol. The van der Waals surface area contributed by atoms with Crippen LogP contribution in [0.5, 0.6) is 0 Å². The second-order valence-corrected chi connectivity index (χ2v) is 4.33. The first kappa shape index (κ1) is 11.7. The maximum absolute atomic E-state index is 11.8. The summed E-state index contributed by atoms with van der Waals surface area (Å²) in [7, 11) is 0. The molecule has 6 heteroatoms. The third-order valence-corrected chi connectivity index (χ3v) is 2.93. The summed E-state index contributed by atoms with van der Waals surface area (Å²) in [5.41, 5.74) is 0. The van der Waals surface area contributed by atoms with Crippen LogP contribution in [0.4, 0.5) is 13.2 Å². The Bertz CT molecular complexity index is 201. The van der Waals surface area contributed by atoms with Gasteiger partial charge in [0.15, 0.2) is 0 Å². The molecule has 1 aliphatic rings.